The lowest BCUT2D eigenvalue weighted by Gasteiger charge is -1.92. The first-order valence-electron chi connectivity index (χ1n) is 2.53. The van der Waals surface area contributed by atoms with Crippen LogP contribution in [0, 0.1) is 0 Å². The molecule has 1 aromatic heterocycles. The lowest BCUT2D eigenvalue weighted by Crippen LogP contribution is -2.13. The Morgan fingerprint density at radius 1 is 1.60 bits per heavy atom. The van der Waals surface area contributed by atoms with E-state index < -0.39 is 17.7 Å². The highest BCUT2D eigenvalue weighted by molar-refractivity contribution is 4.96. The van der Waals surface area contributed by atoms with Crippen LogP contribution in [-0.4, -0.2) is 9.97 Å². The third-order valence-corrected chi connectivity index (χ3v) is 0.942. The molecule has 1 rings (SSSR count). The van der Waals surface area contributed by atoms with Crippen molar-refractivity contribution in [2.45, 2.75) is 6.43 Å². The second-order valence-electron chi connectivity index (χ2n) is 1.60. The van der Waals surface area contributed by atoms with Crippen LogP contribution in [-0.2, 0) is 0 Å². The highest BCUT2D eigenvalue weighted by atomic mass is 19.3. The molecule has 0 radical (unpaired) electrons. The number of rotatable bonds is 1. The molecular weight excluding hydrogens is 142 g/mol. The maximum Gasteiger partial charge on any atom is 0.285 e. The minimum Gasteiger partial charge on any atom is -0.326 e. The van der Waals surface area contributed by atoms with Gasteiger partial charge < -0.3 is 4.98 Å². The third-order valence-electron chi connectivity index (χ3n) is 0.942. The molecule has 0 saturated carbocycles. The molecule has 3 nitrogen and oxygen atoms in total. The van der Waals surface area contributed by atoms with Gasteiger partial charge in [-0.1, -0.05) is 0 Å². The van der Waals surface area contributed by atoms with E-state index in [4.69, 9.17) is 0 Å². The van der Waals surface area contributed by atoms with E-state index >= 15 is 0 Å². The van der Waals surface area contributed by atoms with Crippen molar-refractivity contribution in [3.63, 3.8) is 0 Å². The first kappa shape index (κ1) is 6.85. The van der Waals surface area contributed by atoms with Gasteiger partial charge in [0.1, 0.15) is 0 Å². The van der Waals surface area contributed by atoms with Gasteiger partial charge in [0.05, 0.1) is 0 Å². The van der Waals surface area contributed by atoms with Crippen LogP contribution in [0.15, 0.2) is 17.2 Å². The molecule has 5 heteroatoms. The smallest absolute Gasteiger partial charge is 0.285 e. The number of alkyl halides is 2. The van der Waals surface area contributed by atoms with Gasteiger partial charge in [0.15, 0.2) is 5.69 Å². The Balaban J connectivity index is 3.16. The number of H-pyrrole nitrogens is 1. The molecule has 1 N–H and O–H groups in total. The molecule has 0 aromatic carbocycles. The fourth-order valence-electron chi connectivity index (χ4n) is 0.519. The quantitative estimate of drug-likeness (QED) is 0.634. The Kier molecular flexibility index (Phi) is 1.75. The lowest BCUT2D eigenvalue weighted by atomic mass is 10.5. The zero-order chi connectivity index (χ0) is 7.56. The van der Waals surface area contributed by atoms with Crippen molar-refractivity contribution in [3.05, 3.63) is 28.4 Å². The van der Waals surface area contributed by atoms with Gasteiger partial charge in [-0.15, -0.1) is 0 Å². The number of aromatic amines is 1. The van der Waals surface area contributed by atoms with Crippen molar-refractivity contribution in [2.24, 2.45) is 0 Å². The maximum atomic E-state index is 11.7. The first-order valence-corrected chi connectivity index (χ1v) is 2.53. The summed E-state index contributed by atoms with van der Waals surface area (Å²) in [5.41, 5.74) is -1.57. The number of hydrogen-bond acceptors (Lipinski definition) is 2. The largest absolute Gasteiger partial charge is 0.326 e. The van der Waals surface area contributed by atoms with Crippen LogP contribution in [0.5, 0.6) is 0 Å². The Morgan fingerprint density at radius 2 is 2.30 bits per heavy atom. The van der Waals surface area contributed by atoms with Crippen molar-refractivity contribution in [3.8, 4) is 0 Å². The lowest BCUT2D eigenvalue weighted by molar-refractivity contribution is 0.144. The van der Waals surface area contributed by atoms with Gasteiger partial charge in [-0.05, 0) is 0 Å². The van der Waals surface area contributed by atoms with Gasteiger partial charge in [0.25, 0.3) is 12.0 Å². The highest BCUT2D eigenvalue weighted by Crippen LogP contribution is 2.09. The van der Waals surface area contributed by atoms with Crippen molar-refractivity contribution in [1.29, 1.82) is 0 Å². The number of nitrogens with one attached hydrogen (secondary N) is 1. The topological polar surface area (TPSA) is 45.8 Å². The molecule has 1 heterocycles. The van der Waals surface area contributed by atoms with E-state index in [1.165, 1.54) is 6.20 Å². The summed E-state index contributed by atoms with van der Waals surface area (Å²) in [6, 6.07) is 0. The summed E-state index contributed by atoms with van der Waals surface area (Å²) in [5, 5.41) is 0. The fraction of sp³-hybridized carbons (Fsp3) is 0.200. The molecule has 54 valence electrons. The Morgan fingerprint density at radius 3 is 2.70 bits per heavy atom. The molecule has 0 saturated heterocycles. The van der Waals surface area contributed by atoms with E-state index in [2.05, 4.69) is 9.97 Å². The molecule has 1 aromatic rings. The zero-order valence-corrected chi connectivity index (χ0v) is 4.84. The van der Waals surface area contributed by atoms with Crippen LogP contribution in [0.2, 0.25) is 0 Å². The van der Waals surface area contributed by atoms with Crippen LogP contribution in [0.4, 0.5) is 8.78 Å². The Bertz CT molecular complexity index is 270. The number of aromatic nitrogens is 2. The van der Waals surface area contributed by atoms with Crippen LogP contribution >= 0.6 is 0 Å². The van der Waals surface area contributed by atoms with E-state index in [0.717, 1.165) is 6.20 Å². The predicted octanol–water partition coefficient (Wildman–Crippen LogP) is 0.708. The summed E-state index contributed by atoms with van der Waals surface area (Å²) in [6.45, 7) is 0. The van der Waals surface area contributed by atoms with Crippen LogP contribution in [0.3, 0.4) is 0 Å². The molecule has 0 unspecified atom stereocenters. The zero-order valence-electron chi connectivity index (χ0n) is 4.84. The molecule has 0 aliphatic rings. The van der Waals surface area contributed by atoms with Gasteiger partial charge in [-0.2, -0.15) is 0 Å². The summed E-state index contributed by atoms with van der Waals surface area (Å²) in [6.07, 6.45) is -0.484. The van der Waals surface area contributed by atoms with Crippen molar-refractivity contribution < 1.29 is 8.78 Å². The van der Waals surface area contributed by atoms with E-state index in [9.17, 15) is 13.6 Å². The first-order chi connectivity index (χ1) is 4.72. The van der Waals surface area contributed by atoms with Crippen LogP contribution < -0.4 is 5.56 Å². The van der Waals surface area contributed by atoms with Crippen LogP contribution in [0.25, 0.3) is 0 Å². The van der Waals surface area contributed by atoms with Gasteiger partial charge in [-0.3, -0.25) is 4.79 Å². The van der Waals surface area contributed by atoms with Crippen molar-refractivity contribution >= 4 is 0 Å². The predicted molar refractivity (Wildman–Crippen MR) is 29.8 cm³/mol. The average Bonchev–Trinajstić information content (AvgIpc) is 1.88. The molecule has 0 bridgehead atoms. The summed E-state index contributed by atoms with van der Waals surface area (Å²) in [5.74, 6) is 0. The minimum atomic E-state index is -2.80. The van der Waals surface area contributed by atoms with E-state index in [0.29, 0.717) is 0 Å². The average molecular weight is 146 g/mol. The van der Waals surface area contributed by atoms with Crippen molar-refractivity contribution in [2.75, 3.05) is 0 Å². The second kappa shape index (κ2) is 2.55. The molecule has 0 atom stereocenters. The van der Waals surface area contributed by atoms with Gasteiger partial charge in [-0.25, -0.2) is 13.8 Å². The van der Waals surface area contributed by atoms with E-state index in [-0.39, 0.29) is 0 Å². The maximum absolute atomic E-state index is 11.7. The van der Waals surface area contributed by atoms with E-state index in [1.54, 1.807) is 0 Å². The standard InChI is InChI=1S/C5H4F2N2O/c6-4(7)3-5(10)9-2-1-8-3/h1-2,4H,(H,9,10). The molecule has 0 aliphatic heterocycles. The van der Waals surface area contributed by atoms with Crippen LogP contribution in [0.1, 0.15) is 12.1 Å². The minimum absolute atomic E-state index is 0.734. The van der Waals surface area contributed by atoms with E-state index in [1.807, 2.05) is 0 Å². The molecule has 0 amide bonds. The number of halogens is 2. The third kappa shape index (κ3) is 1.18. The summed E-state index contributed by atoms with van der Waals surface area (Å²) in [4.78, 5) is 15.7. The molecular formula is C5H4F2N2O. The van der Waals surface area contributed by atoms with Gasteiger partial charge in [0, 0.05) is 12.4 Å². The Labute approximate surface area is 54.7 Å². The fourth-order valence-corrected chi connectivity index (χ4v) is 0.519. The van der Waals surface area contributed by atoms with Gasteiger partial charge >= 0.3 is 0 Å². The second-order valence-corrected chi connectivity index (χ2v) is 1.60. The highest BCUT2D eigenvalue weighted by Gasteiger charge is 2.11. The molecule has 0 spiro atoms. The van der Waals surface area contributed by atoms with Gasteiger partial charge in [0.2, 0.25) is 0 Å². The molecule has 0 fully saturated rings. The summed E-state index contributed by atoms with van der Waals surface area (Å²) < 4.78 is 23.5. The SMILES string of the molecule is O=c1[nH]ccnc1C(F)F. The Hall–Kier alpha value is -1.26. The number of hydrogen-bond donors (Lipinski definition) is 1. The monoisotopic (exact) mass is 146 g/mol. The number of nitrogens with zero attached hydrogens (tertiary/aromatic N) is 1. The summed E-state index contributed by atoms with van der Waals surface area (Å²) in [7, 11) is 0. The normalized spacial score (nSPS) is 10.3. The molecule has 0 aliphatic carbocycles. The summed E-state index contributed by atoms with van der Waals surface area (Å²) >= 11 is 0. The van der Waals surface area contributed by atoms with Crippen molar-refractivity contribution in [1.82, 2.24) is 9.97 Å². The molecule has 10 heavy (non-hydrogen) atoms.